The molecule has 0 amide bonds. The van der Waals surface area contributed by atoms with Gasteiger partial charge in [0.25, 0.3) is 0 Å². The monoisotopic (exact) mass is 307 g/mol. The van der Waals surface area contributed by atoms with E-state index in [0.717, 1.165) is 56.6 Å². The molecule has 1 aromatic rings. The van der Waals surface area contributed by atoms with Crippen molar-refractivity contribution in [3.8, 4) is 5.75 Å². The van der Waals surface area contributed by atoms with E-state index in [2.05, 4.69) is 34.2 Å². The minimum absolute atomic E-state index is 0.904. The number of benzene rings is 1. The zero-order valence-corrected chi connectivity index (χ0v) is 13.8. The predicted molar refractivity (Wildman–Crippen MR) is 90.7 cm³/mol. The lowest BCUT2D eigenvalue weighted by Crippen LogP contribution is -2.51. The van der Waals surface area contributed by atoms with E-state index in [-0.39, 0.29) is 0 Å². The first-order chi connectivity index (χ1) is 10.2. The number of hydrogen-bond acceptors (Lipinski definition) is 3. The summed E-state index contributed by atoms with van der Waals surface area (Å²) in [7, 11) is 1.70. The van der Waals surface area contributed by atoms with Crippen molar-refractivity contribution in [2.45, 2.75) is 19.9 Å². The van der Waals surface area contributed by atoms with Crippen molar-refractivity contribution in [3.63, 3.8) is 0 Å². The normalized spacial score (nSPS) is 15.8. The highest BCUT2D eigenvalue weighted by Crippen LogP contribution is 2.14. The molecule has 0 aliphatic carbocycles. The Bertz CT molecular complexity index is 441. The molecule has 1 heterocycles. The standard InChI is InChI=1S/C16H25N3OS/c1-3-8-17-16(21)19-11-9-18(10-12-19)13-14-4-6-15(20-2)7-5-14/h4-7H,3,8-13H2,1-2H3,(H,17,21). The van der Waals surface area contributed by atoms with E-state index in [1.54, 1.807) is 7.11 Å². The zero-order chi connectivity index (χ0) is 15.1. The summed E-state index contributed by atoms with van der Waals surface area (Å²) in [6, 6.07) is 8.32. The summed E-state index contributed by atoms with van der Waals surface area (Å²) in [5, 5.41) is 4.21. The van der Waals surface area contributed by atoms with Gasteiger partial charge in [0, 0.05) is 39.3 Å². The second-order valence-electron chi connectivity index (χ2n) is 5.34. The van der Waals surface area contributed by atoms with Gasteiger partial charge in [-0.15, -0.1) is 0 Å². The summed E-state index contributed by atoms with van der Waals surface area (Å²) in [4.78, 5) is 4.75. The first-order valence-electron chi connectivity index (χ1n) is 7.61. The molecule has 0 aromatic heterocycles. The number of thiocarbonyl (C=S) groups is 1. The van der Waals surface area contributed by atoms with Crippen molar-refractivity contribution in [1.82, 2.24) is 15.1 Å². The molecule has 1 N–H and O–H groups in total. The lowest BCUT2D eigenvalue weighted by molar-refractivity contribution is 0.174. The Morgan fingerprint density at radius 1 is 1.19 bits per heavy atom. The first kappa shape index (κ1) is 16.0. The van der Waals surface area contributed by atoms with Crippen LogP contribution in [-0.2, 0) is 6.54 Å². The second kappa shape index (κ2) is 8.20. The van der Waals surface area contributed by atoms with Crippen LogP contribution in [0.4, 0.5) is 0 Å². The largest absolute Gasteiger partial charge is 0.497 e. The van der Waals surface area contributed by atoms with E-state index in [1.807, 2.05) is 12.1 Å². The summed E-state index contributed by atoms with van der Waals surface area (Å²) in [6.07, 6.45) is 1.11. The van der Waals surface area contributed by atoms with Gasteiger partial charge in [0.15, 0.2) is 5.11 Å². The number of methoxy groups -OCH3 is 1. The Labute approximate surface area is 133 Å². The summed E-state index contributed by atoms with van der Waals surface area (Å²) >= 11 is 5.42. The van der Waals surface area contributed by atoms with Gasteiger partial charge in [-0.1, -0.05) is 19.1 Å². The van der Waals surface area contributed by atoms with Gasteiger partial charge < -0.3 is 15.0 Å². The molecule has 0 atom stereocenters. The van der Waals surface area contributed by atoms with Crippen LogP contribution in [0.25, 0.3) is 0 Å². The third-order valence-electron chi connectivity index (χ3n) is 3.75. The van der Waals surface area contributed by atoms with Crippen molar-refractivity contribution < 1.29 is 4.74 Å². The molecule has 0 saturated carbocycles. The van der Waals surface area contributed by atoms with E-state index in [9.17, 15) is 0 Å². The molecule has 5 heteroatoms. The quantitative estimate of drug-likeness (QED) is 0.841. The number of ether oxygens (including phenoxy) is 1. The number of piperazine rings is 1. The van der Waals surface area contributed by atoms with Gasteiger partial charge in [-0.3, -0.25) is 4.90 Å². The van der Waals surface area contributed by atoms with Gasteiger partial charge in [-0.25, -0.2) is 0 Å². The Hall–Kier alpha value is -1.33. The zero-order valence-electron chi connectivity index (χ0n) is 13.0. The molecule has 0 bridgehead atoms. The molecule has 4 nitrogen and oxygen atoms in total. The molecule has 1 aliphatic heterocycles. The number of rotatable bonds is 5. The van der Waals surface area contributed by atoms with E-state index < -0.39 is 0 Å². The van der Waals surface area contributed by atoms with Gasteiger partial charge in [0.1, 0.15) is 5.75 Å². The molecule has 1 aromatic carbocycles. The van der Waals surface area contributed by atoms with Gasteiger partial charge in [0.05, 0.1) is 7.11 Å². The highest BCUT2D eigenvalue weighted by molar-refractivity contribution is 7.80. The Balaban J connectivity index is 1.76. The molecular weight excluding hydrogens is 282 g/mol. The first-order valence-corrected chi connectivity index (χ1v) is 8.02. The van der Waals surface area contributed by atoms with E-state index in [4.69, 9.17) is 17.0 Å². The molecule has 116 valence electrons. The maximum Gasteiger partial charge on any atom is 0.169 e. The Kier molecular flexibility index (Phi) is 6.26. The molecule has 0 radical (unpaired) electrons. The fourth-order valence-electron chi connectivity index (χ4n) is 2.44. The average molecular weight is 307 g/mol. The molecule has 0 unspecified atom stereocenters. The summed E-state index contributed by atoms with van der Waals surface area (Å²) in [5.41, 5.74) is 1.33. The number of hydrogen-bond donors (Lipinski definition) is 1. The Morgan fingerprint density at radius 3 is 2.43 bits per heavy atom. The lowest BCUT2D eigenvalue weighted by atomic mass is 10.2. The summed E-state index contributed by atoms with van der Waals surface area (Å²) in [6.45, 7) is 8.23. The minimum atomic E-state index is 0.904. The highest BCUT2D eigenvalue weighted by Gasteiger charge is 2.18. The van der Waals surface area contributed by atoms with Crippen LogP contribution < -0.4 is 10.1 Å². The summed E-state index contributed by atoms with van der Waals surface area (Å²) in [5.74, 6) is 0.913. The summed E-state index contributed by atoms with van der Waals surface area (Å²) < 4.78 is 5.19. The molecule has 2 rings (SSSR count). The van der Waals surface area contributed by atoms with Crippen molar-refractivity contribution in [2.24, 2.45) is 0 Å². The molecule has 1 saturated heterocycles. The van der Waals surface area contributed by atoms with Crippen LogP contribution in [0.3, 0.4) is 0 Å². The van der Waals surface area contributed by atoms with Crippen molar-refractivity contribution in [1.29, 1.82) is 0 Å². The van der Waals surface area contributed by atoms with Gasteiger partial charge in [-0.2, -0.15) is 0 Å². The van der Waals surface area contributed by atoms with Crippen LogP contribution in [0.2, 0.25) is 0 Å². The maximum absolute atomic E-state index is 5.42. The second-order valence-corrected chi connectivity index (χ2v) is 5.73. The topological polar surface area (TPSA) is 27.7 Å². The third-order valence-corrected chi connectivity index (χ3v) is 4.15. The number of nitrogens with one attached hydrogen (secondary N) is 1. The van der Waals surface area contributed by atoms with E-state index in [1.165, 1.54) is 5.56 Å². The molecule has 1 aliphatic rings. The van der Waals surface area contributed by atoms with Gasteiger partial charge in [0.2, 0.25) is 0 Å². The third kappa shape index (κ3) is 4.86. The van der Waals surface area contributed by atoms with Crippen LogP contribution in [0.5, 0.6) is 5.75 Å². The van der Waals surface area contributed by atoms with Gasteiger partial charge >= 0.3 is 0 Å². The fraction of sp³-hybridized carbons (Fsp3) is 0.562. The SMILES string of the molecule is CCCNC(=S)N1CCN(Cc2ccc(OC)cc2)CC1. The van der Waals surface area contributed by atoms with Crippen LogP contribution in [0.1, 0.15) is 18.9 Å². The van der Waals surface area contributed by atoms with Crippen molar-refractivity contribution >= 4 is 17.3 Å². The number of nitrogens with zero attached hydrogens (tertiary/aromatic N) is 2. The van der Waals surface area contributed by atoms with Gasteiger partial charge in [-0.05, 0) is 36.3 Å². The molecule has 0 spiro atoms. The smallest absolute Gasteiger partial charge is 0.169 e. The molecule has 21 heavy (non-hydrogen) atoms. The minimum Gasteiger partial charge on any atom is -0.497 e. The fourth-order valence-corrected chi connectivity index (χ4v) is 2.73. The average Bonchev–Trinajstić information content (AvgIpc) is 2.54. The molecular formula is C16H25N3OS. The van der Waals surface area contributed by atoms with E-state index >= 15 is 0 Å². The lowest BCUT2D eigenvalue weighted by Gasteiger charge is -2.36. The van der Waals surface area contributed by atoms with Crippen LogP contribution in [0, 0.1) is 0 Å². The van der Waals surface area contributed by atoms with Crippen molar-refractivity contribution in [3.05, 3.63) is 29.8 Å². The highest BCUT2D eigenvalue weighted by atomic mass is 32.1. The van der Waals surface area contributed by atoms with E-state index in [0.29, 0.717) is 0 Å². The predicted octanol–water partition coefficient (Wildman–Crippen LogP) is 2.10. The van der Waals surface area contributed by atoms with Crippen LogP contribution in [0.15, 0.2) is 24.3 Å². The van der Waals surface area contributed by atoms with Crippen molar-refractivity contribution in [2.75, 3.05) is 39.8 Å². The van der Waals surface area contributed by atoms with Crippen LogP contribution >= 0.6 is 12.2 Å². The molecule has 1 fully saturated rings. The Morgan fingerprint density at radius 2 is 1.86 bits per heavy atom. The van der Waals surface area contributed by atoms with Crippen LogP contribution in [-0.4, -0.2) is 54.7 Å². The maximum atomic E-state index is 5.42.